The summed E-state index contributed by atoms with van der Waals surface area (Å²) in [7, 11) is 1.60. The summed E-state index contributed by atoms with van der Waals surface area (Å²) in [5, 5.41) is 13.8. The molecule has 0 unspecified atom stereocenters. The zero-order valence-corrected chi connectivity index (χ0v) is 11.4. The molecule has 0 aliphatic heterocycles. The molecule has 8 nitrogen and oxygen atoms in total. The van der Waals surface area contributed by atoms with Crippen molar-refractivity contribution in [1.29, 1.82) is 0 Å². The summed E-state index contributed by atoms with van der Waals surface area (Å²) in [4.78, 5) is 17.8. The average Bonchev–Trinajstić information content (AvgIpc) is 2.47. The van der Waals surface area contributed by atoms with Gasteiger partial charge in [0, 0.05) is 6.54 Å². The van der Waals surface area contributed by atoms with Crippen LogP contribution in [-0.4, -0.2) is 28.5 Å². The summed E-state index contributed by atoms with van der Waals surface area (Å²) in [5.74, 6) is 0.879. The van der Waals surface area contributed by atoms with Crippen molar-refractivity contribution in [3.05, 3.63) is 46.1 Å². The summed E-state index contributed by atoms with van der Waals surface area (Å²) < 4.78 is 5.14. The van der Waals surface area contributed by atoms with Gasteiger partial charge in [0.25, 0.3) is 0 Å². The Hall–Kier alpha value is -2.90. The lowest BCUT2D eigenvalue weighted by Gasteiger charge is -2.07. The smallest absolute Gasteiger partial charge is 0.329 e. The quantitative estimate of drug-likeness (QED) is 0.613. The molecule has 0 amide bonds. The first-order valence-electron chi connectivity index (χ1n) is 6.24. The van der Waals surface area contributed by atoms with Crippen molar-refractivity contribution < 1.29 is 9.66 Å². The molecule has 8 heteroatoms. The largest absolute Gasteiger partial charge is 0.497 e. The first kappa shape index (κ1) is 14.5. The SMILES string of the molecule is COc1cccc(CCNc2nc(N)ncc2[N+](=O)[O-])c1. The van der Waals surface area contributed by atoms with E-state index >= 15 is 0 Å². The zero-order valence-electron chi connectivity index (χ0n) is 11.4. The highest BCUT2D eigenvalue weighted by atomic mass is 16.6. The third-order valence-electron chi connectivity index (χ3n) is 2.83. The average molecular weight is 289 g/mol. The molecule has 3 N–H and O–H groups in total. The number of nitrogens with two attached hydrogens (primary N) is 1. The molecular weight excluding hydrogens is 274 g/mol. The Kier molecular flexibility index (Phi) is 4.50. The Morgan fingerprint density at radius 2 is 2.29 bits per heavy atom. The number of nitro groups is 1. The third kappa shape index (κ3) is 3.78. The van der Waals surface area contributed by atoms with Gasteiger partial charge in [-0.05, 0) is 24.1 Å². The van der Waals surface area contributed by atoms with Crippen LogP contribution in [-0.2, 0) is 6.42 Å². The van der Waals surface area contributed by atoms with Gasteiger partial charge in [-0.25, -0.2) is 4.98 Å². The van der Waals surface area contributed by atoms with E-state index < -0.39 is 4.92 Å². The van der Waals surface area contributed by atoms with Crippen molar-refractivity contribution in [2.24, 2.45) is 0 Å². The number of ether oxygens (including phenoxy) is 1. The second kappa shape index (κ2) is 6.51. The van der Waals surface area contributed by atoms with Crippen LogP contribution < -0.4 is 15.8 Å². The Balaban J connectivity index is 2.03. The van der Waals surface area contributed by atoms with E-state index in [1.165, 1.54) is 0 Å². The third-order valence-corrected chi connectivity index (χ3v) is 2.83. The van der Waals surface area contributed by atoms with Gasteiger partial charge in [-0.15, -0.1) is 0 Å². The molecule has 0 aliphatic rings. The molecule has 110 valence electrons. The maximum Gasteiger partial charge on any atom is 0.329 e. The van der Waals surface area contributed by atoms with E-state index in [9.17, 15) is 10.1 Å². The lowest BCUT2D eigenvalue weighted by Crippen LogP contribution is -2.10. The van der Waals surface area contributed by atoms with Gasteiger partial charge in [-0.3, -0.25) is 10.1 Å². The molecule has 0 fully saturated rings. The van der Waals surface area contributed by atoms with Crippen LogP contribution in [0.1, 0.15) is 5.56 Å². The summed E-state index contributed by atoms with van der Waals surface area (Å²) in [6.45, 7) is 0.477. The van der Waals surface area contributed by atoms with Crippen LogP contribution in [0.5, 0.6) is 5.75 Å². The number of methoxy groups -OCH3 is 1. The van der Waals surface area contributed by atoms with Gasteiger partial charge in [0.15, 0.2) is 0 Å². The highest BCUT2D eigenvalue weighted by Crippen LogP contribution is 2.21. The fourth-order valence-corrected chi connectivity index (χ4v) is 1.81. The Bertz CT molecular complexity index is 647. The predicted molar refractivity (Wildman–Crippen MR) is 78.3 cm³/mol. The fourth-order valence-electron chi connectivity index (χ4n) is 1.81. The van der Waals surface area contributed by atoms with Crippen molar-refractivity contribution in [3.63, 3.8) is 0 Å². The number of hydrogen-bond acceptors (Lipinski definition) is 7. The number of hydrogen-bond donors (Lipinski definition) is 2. The first-order chi connectivity index (χ1) is 10.1. The van der Waals surface area contributed by atoms with Gasteiger partial charge in [0.2, 0.25) is 11.8 Å². The molecule has 0 saturated carbocycles. The lowest BCUT2D eigenvalue weighted by atomic mass is 10.1. The maximum atomic E-state index is 10.9. The second-order valence-corrected chi connectivity index (χ2v) is 4.25. The van der Waals surface area contributed by atoms with Gasteiger partial charge >= 0.3 is 5.69 Å². The van der Waals surface area contributed by atoms with Gasteiger partial charge in [-0.2, -0.15) is 4.98 Å². The van der Waals surface area contributed by atoms with Gasteiger partial charge in [0.05, 0.1) is 12.0 Å². The summed E-state index contributed by atoms with van der Waals surface area (Å²) in [6, 6.07) is 7.60. The van der Waals surface area contributed by atoms with Gasteiger partial charge in [0.1, 0.15) is 11.9 Å². The molecule has 1 aromatic heterocycles. The van der Waals surface area contributed by atoms with E-state index in [1.54, 1.807) is 7.11 Å². The molecule has 0 spiro atoms. The van der Waals surface area contributed by atoms with Crippen LogP contribution in [0.2, 0.25) is 0 Å². The van der Waals surface area contributed by atoms with Crippen molar-refractivity contribution >= 4 is 17.5 Å². The van der Waals surface area contributed by atoms with Crippen LogP contribution in [0.15, 0.2) is 30.5 Å². The molecule has 0 atom stereocenters. The highest BCUT2D eigenvalue weighted by molar-refractivity contribution is 5.56. The van der Waals surface area contributed by atoms with Crippen LogP contribution >= 0.6 is 0 Å². The molecular formula is C13H15N5O3. The highest BCUT2D eigenvalue weighted by Gasteiger charge is 2.16. The van der Waals surface area contributed by atoms with Crippen molar-refractivity contribution in [3.8, 4) is 5.75 Å². The lowest BCUT2D eigenvalue weighted by molar-refractivity contribution is -0.384. The van der Waals surface area contributed by atoms with Gasteiger partial charge < -0.3 is 15.8 Å². The molecule has 1 aromatic carbocycles. The Labute approximate surface area is 121 Å². The number of aromatic nitrogens is 2. The van der Waals surface area contributed by atoms with Crippen molar-refractivity contribution in [1.82, 2.24) is 9.97 Å². The second-order valence-electron chi connectivity index (χ2n) is 4.25. The van der Waals surface area contributed by atoms with Crippen molar-refractivity contribution in [2.75, 3.05) is 24.7 Å². The minimum absolute atomic E-state index is 0.00974. The number of anilines is 2. The molecule has 0 radical (unpaired) electrons. The van der Waals surface area contributed by atoms with E-state index in [0.29, 0.717) is 13.0 Å². The number of benzene rings is 1. The molecule has 2 rings (SSSR count). The van der Waals surface area contributed by atoms with Crippen LogP contribution in [0.25, 0.3) is 0 Å². The molecule has 21 heavy (non-hydrogen) atoms. The molecule has 0 aliphatic carbocycles. The summed E-state index contributed by atoms with van der Waals surface area (Å²) >= 11 is 0. The fraction of sp³-hybridized carbons (Fsp3) is 0.231. The maximum absolute atomic E-state index is 10.9. The molecule has 1 heterocycles. The summed E-state index contributed by atoms with van der Waals surface area (Å²) in [6.07, 6.45) is 1.76. The van der Waals surface area contributed by atoms with Gasteiger partial charge in [-0.1, -0.05) is 12.1 Å². The topological polar surface area (TPSA) is 116 Å². The van der Waals surface area contributed by atoms with Crippen molar-refractivity contribution in [2.45, 2.75) is 6.42 Å². The molecule has 0 bridgehead atoms. The zero-order chi connectivity index (χ0) is 15.2. The van der Waals surface area contributed by atoms with E-state index in [1.807, 2.05) is 24.3 Å². The number of nitrogen functional groups attached to an aromatic ring is 1. The van der Waals surface area contributed by atoms with E-state index in [0.717, 1.165) is 17.5 Å². The Morgan fingerprint density at radius 3 is 3.00 bits per heavy atom. The normalized spacial score (nSPS) is 10.1. The van der Waals surface area contributed by atoms with Crippen LogP contribution in [0, 0.1) is 10.1 Å². The number of rotatable bonds is 6. The number of nitrogens with one attached hydrogen (secondary N) is 1. The minimum Gasteiger partial charge on any atom is -0.497 e. The molecule has 2 aromatic rings. The number of nitrogens with zero attached hydrogens (tertiary/aromatic N) is 3. The van der Waals surface area contributed by atoms with Crippen LogP contribution in [0.4, 0.5) is 17.5 Å². The molecule has 0 saturated heterocycles. The minimum atomic E-state index is -0.548. The monoisotopic (exact) mass is 289 g/mol. The Morgan fingerprint density at radius 1 is 1.48 bits per heavy atom. The van der Waals surface area contributed by atoms with E-state index in [4.69, 9.17) is 10.5 Å². The standard InChI is InChI=1S/C13H15N5O3/c1-21-10-4-2-3-9(7-10)5-6-15-12-11(18(19)20)8-16-13(14)17-12/h2-4,7-8H,5-6H2,1H3,(H3,14,15,16,17). The summed E-state index contributed by atoms with van der Waals surface area (Å²) in [5.41, 5.74) is 6.30. The first-order valence-corrected chi connectivity index (χ1v) is 6.24. The van der Waals surface area contributed by atoms with E-state index in [2.05, 4.69) is 15.3 Å². The predicted octanol–water partition coefficient (Wildman–Crippen LogP) is 1.63. The van der Waals surface area contributed by atoms with Crippen LogP contribution in [0.3, 0.4) is 0 Å². The van der Waals surface area contributed by atoms with E-state index in [-0.39, 0.29) is 17.5 Å².